The summed E-state index contributed by atoms with van der Waals surface area (Å²) >= 11 is 0. The van der Waals surface area contributed by atoms with E-state index in [1.165, 1.54) is 19.2 Å². The molecule has 3 N–H and O–H groups in total. The summed E-state index contributed by atoms with van der Waals surface area (Å²) in [6, 6.07) is 6.80. The smallest absolute Gasteiger partial charge is 0.244 e. The summed E-state index contributed by atoms with van der Waals surface area (Å²) in [5.41, 5.74) is 6.35. The van der Waals surface area contributed by atoms with Gasteiger partial charge in [0, 0.05) is 24.2 Å². The van der Waals surface area contributed by atoms with E-state index >= 15 is 0 Å². The first kappa shape index (κ1) is 25.5. The van der Waals surface area contributed by atoms with Crippen LogP contribution in [0.25, 0.3) is 0 Å². The average Bonchev–Trinajstić information content (AvgIpc) is 3.10. The molecule has 11 heteroatoms. The van der Waals surface area contributed by atoms with Gasteiger partial charge < -0.3 is 15.4 Å². The molecular weight excluding hydrogens is 483 g/mol. The minimum atomic E-state index is -3.96. The first-order valence-corrected chi connectivity index (χ1v) is 12.9. The highest BCUT2D eigenvalue weighted by molar-refractivity contribution is 7.89. The van der Waals surface area contributed by atoms with Crippen LogP contribution < -0.4 is 15.2 Å². The molecule has 2 aromatic rings. The van der Waals surface area contributed by atoms with E-state index in [4.69, 9.17) is 10.5 Å². The van der Waals surface area contributed by atoms with Crippen LogP contribution in [0.2, 0.25) is 0 Å². The lowest BCUT2D eigenvalue weighted by Gasteiger charge is -2.41. The Bertz CT molecular complexity index is 1200. The van der Waals surface area contributed by atoms with Gasteiger partial charge in [0.1, 0.15) is 16.5 Å². The van der Waals surface area contributed by atoms with E-state index < -0.39 is 33.5 Å². The fraction of sp³-hybridized carbons (Fsp3) is 0.458. The number of hydrogen-bond acceptors (Lipinski definition) is 5. The van der Waals surface area contributed by atoms with Crippen LogP contribution in [0.3, 0.4) is 0 Å². The van der Waals surface area contributed by atoms with Gasteiger partial charge in [-0.25, -0.2) is 26.3 Å². The Hall–Kier alpha value is -2.63. The maximum atomic E-state index is 14.1. The molecule has 2 heterocycles. The number of methoxy groups -OCH3 is 1. The molecule has 0 saturated carbocycles. The Labute approximate surface area is 202 Å². The molecule has 35 heavy (non-hydrogen) atoms. The molecule has 0 aromatic heterocycles. The van der Waals surface area contributed by atoms with E-state index in [2.05, 4.69) is 4.72 Å². The number of carbonyl (C=O) groups is 1. The number of nitrogens with one attached hydrogen (secondary N) is 1. The van der Waals surface area contributed by atoms with Crippen molar-refractivity contribution in [3.8, 4) is 5.75 Å². The van der Waals surface area contributed by atoms with Crippen molar-refractivity contribution in [3.05, 3.63) is 59.4 Å². The first-order chi connectivity index (χ1) is 16.6. The third kappa shape index (κ3) is 5.31. The van der Waals surface area contributed by atoms with Crippen molar-refractivity contribution in [2.45, 2.75) is 55.1 Å². The van der Waals surface area contributed by atoms with Crippen LogP contribution in [0, 0.1) is 23.4 Å². The third-order valence-electron chi connectivity index (χ3n) is 6.98. The number of hydrogen-bond donors (Lipinski definition) is 2. The lowest BCUT2D eigenvalue weighted by Crippen LogP contribution is -2.52. The van der Waals surface area contributed by atoms with Crippen LogP contribution in [-0.4, -0.2) is 51.0 Å². The quantitative estimate of drug-likeness (QED) is 0.531. The van der Waals surface area contributed by atoms with Crippen molar-refractivity contribution < 1.29 is 31.1 Å². The van der Waals surface area contributed by atoms with E-state index in [1.807, 2.05) is 0 Å². The predicted octanol–water partition coefficient (Wildman–Crippen LogP) is 2.73. The van der Waals surface area contributed by atoms with Gasteiger partial charge in [-0.2, -0.15) is 0 Å². The number of halogens is 3. The second-order valence-corrected chi connectivity index (χ2v) is 10.9. The van der Waals surface area contributed by atoms with E-state index in [0.29, 0.717) is 18.9 Å². The van der Waals surface area contributed by atoms with E-state index in [0.717, 1.165) is 18.9 Å². The Morgan fingerprint density at radius 3 is 2.40 bits per heavy atom. The zero-order valence-electron chi connectivity index (χ0n) is 19.2. The fourth-order valence-corrected chi connectivity index (χ4v) is 6.43. The molecule has 2 fully saturated rings. The van der Waals surface area contributed by atoms with Gasteiger partial charge in [-0.3, -0.25) is 4.79 Å². The number of fused-ring (bicyclic) bond motifs is 2. The van der Waals surface area contributed by atoms with Gasteiger partial charge in [0.25, 0.3) is 0 Å². The van der Waals surface area contributed by atoms with Crippen molar-refractivity contribution in [2.75, 3.05) is 13.7 Å². The SMILES string of the molecule is COc1ccccc1S(=O)(=O)NCC(=O)N1C2CCC1CC(C(N)Cc1cc(F)c(F)cc1F)C2. The highest BCUT2D eigenvalue weighted by Crippen LogP contribution is 2.40. The number of nitrogens with two attached hydrogens (primary N) is 1. The molecule has 7 nitrogen and oxygen atoms in total. The minimum Gasteiger partial charge on any atom is -0.495 e. The zero-order chi connectivity index (χ0) is 25.3. The summed E-state index contributed by atoms with van der Waals surface area (Å²) < 4.78 is 73.7. The highest BCUT2D eigenvalue weighted by atomic mass is 32.2. The number of amides is 1. The summed E-state index contributed by atoms with van der Waals surface area (Å²) in [6.45, 7) is -0.385. The molecule has 1 amide bonds. The van der Waals surface area contributed by atoms with Crippen LogP contribution in [-0.2, 0) is 21.2 Å². The van der Waals surface area contributed by atoms with Gasteiger partial charge >= 0.3 is 0 Å². The average molecular weight is 512 g/mol. The van der Waals surface area contributed by atoms with E-state index in [9.17, 15) is 26.4 Å². The second-order valence-electron chi connectivity index (χ2n) is 9.12. The van der Waals surface area contributed by atoms with Crippen LogP contribution in [0.5, 0.6) is 5.75 Å². The topological polar surface area (TPSA) is 102 Å². The van der Waals surface area contributed by atoms with Crippen molar-refractivity contribution in [1.82, 2.24) is 9.62 Å². The Kier molecular flexibility index (Phi) is 7.39. The molecule has 0 aliphatic carbocycles. The number of rotatable bonds is 8. The second kappa shape index (κ2) is 10.2. The van der Waals surface area contributed by atoms with Crippen LogP contribution in [0.1, 0.15) is 31.2 Å². The van der Waals surface area contributed by atoms with Crippen molar-refractivity contribution in [2.24, 2.45) is 11.7 Å². The first-order valence-electron chi connectivity index (χ1n) is 11.4. The molecule has 3 unspecified atom stereocenters. The molecular formula is C24H28F3N3O4S. The van der Waals surface area contributed by atoms with Crippen molar-refractivity contribution in [3.63, 3.8) is 0 Å². The highest BCUT2D eigenvalue weighted by Gasteiger charge is 2.44. The normalized spacial score (nSPS) is 22.8. The van der Waals surface area contributed by atoms with Crippen molar-refractivity contribution in [1.29, 1.82) is 0 Å². The molecule has 3 atom stereocenters. The molecule has 190 valence electrons. The summed E-state index contributed by atoms with van der Waals surface area (Å²) in [5.74, 6) is -3.38. The summed E-state index contributed by atoms with van der Waals surface area (Å²) in [4.78, 5) is 14.7. The number of benzene rings is 2. The number of sulfonamides is 1. The van der Waals surface area contributed by atoms with Gasteiger partial charge in [-0.15, -0.1) is 0 Å². The van der Waals surface area contributed by atoms with E-state index in [1.54, 1.807) is 17.0 Å². The van der Waals surface area contributed by atoms with Crippen molar-refractivity contribution >= 4 is 15.9 Å². The standard InChI is InChI=1S/C24H28F3N3O4S/c1-34-22-4-2-3-5-23(22)35(32,33)29-13-24(31)30-16-6-7-17(30)9-15(8-16)21(28)11-14-10-19(26)20(27)12-18(14)25/h2-5,10,12,15-17,21,29H,6-9,11,13,28H2,1H3. The zero-order valence-corrected chi connectivity index (χ0v) is 20.0. The lowest BCUT2D eigenvalue weighted by atomic mass is 9.82. The largest absolute Gasteiger partial charge is 0.495 e. The third-order valence-corrected chi connectivity index (χ3v) is 8.42. The maximum absolute atomic E-state index is 14.1. The van der Waals surface area contributed by atoms with E-state index in [-0.39, 0.29) is 53.1 Å². The molecule has 2 saturated heterocycles. The molecule has 0 radical (unpaired) electrons. The van der Waals surface area contributed by atoms with Gasteiger partial charge in [-0.05, 0) is 61.8 Å². The fourth-order valence-electron chi connectivity index (χ4n) is 5.28. The number of carbonyl (C=O) groups excluding carboxylic acids is 1. The monoisotopic (exact) mass is 511 g/mol. The lowest BCUT2D eigenvalue weighted by molar-refractivity contribution is -0.135. The Balaban J connectivity index is 1.38. The number of ether oxygens (including phenoxy) is 1. The number of para-hydroxylation sites is 1. The summed E-state index contributed by atoms with van der Waals surface area (Å²) in [6.07, 6.45) is 2.73. The van der Waals surface area contributed by atoms with Crippen LogP contribution in [0.4, 0.5) is 13.2 Å². The van der Waals surface area contributed by atoms with Gasteiger partial charge in [0.2, 0.25) is 15.9 Å². The summed E-state index contributed by atoms with van der Waals surface area (Å²) in [7, 11) is -2.59. The molecule has 4 rings (SSSR count). The minimum absolute atomic E-state index is 0.0213. The number of piperidine rings is 1. The van der Waals surface area contributed by atoms with Crippen LogP contribution >= 0.6 is 0 Å². The number of nitrogens with zero attached hydrogens (tertiary/aromatic N) is 1. The maximum Gasteiger partial charge on any atom is 0.244 e. The molecule has 2 aliphatic heterocycles. The van der Waals surface area contributed by atoms with Gasteiger partial charge in [0.05, 0.1) is 13.7 Å². The van der Waals surface area contributed by atoms with Gasteiger partial charge in [0.15, 0.2) is 11.6 Å². The predicted molar refractivity (Wildman–Crippen MR) is 123 cm³/mol. The Morgan fingerprint density at radius 1 is 1.11 bits per heavy atom. The molecule has 2 aromatic carbocycles. The van der Waals surface area contributed by atoms with Crippen LogP contribution in [0.15, 0.2) is 41.3 Å². The Morgan fingerprint density at radius 2 is 1.74 bits per heavy atom. The molecule has 2 aliphatic rings. The van der Waals surface area contributed by atoms with Gasteiger partial charge in [-0.1, -0.05) is 12.1 Å². The molecule has 0 spiro atoms. The summed E-state index contributed by atoms with van der Waals surface area (Å²) in [5, 5.41) is 0. The molecule has 2 bridgehead atoms.